The summed E-state index contributed by atoms with van der Waals surface area (Å²) in [6.07, 6.45) is 19.0. The Bertz CT molecular complexity index is 1840. The van der Waals surface area contributed by atoms with Gasteiger partial charge >= 0.3 is 0 Å². The normalized spacial score (nSPS) is 16.7. The highest BCUT2D eigenvalue weighted by atomic mass is 16.5. The van der Waals surface area contributed by atoms with Crippen molar-refractivity contribution in [3.05, 3.63) is 11.8 Å². The predicted octanol–water partition coefficient (Wildman–Crippen LogP) is 6.42. The largest absolute Gasteiger partial charge is 0.339 e. The second kappa shape index (κ2) is 20.8. The molecule has 0 spiro atoms. The quantitative estimate of drug-likeness (QED) is 0.0703. The number of hydrogen-bond donors (Lipinski definition) is 4. The maximum absolute atomic E-state index is 11.8. The van der Waals surface area contributed by atoms with Gasteiger partial charge in [0.05, 0.1) is 11.1 Å². The molecule has 0 aromatic carbocycles. The first-order chi connectivity index (χ1) is 27.7. The van der Waals surface area contributed by atoms with Crippen molar-refractivity contribution >= 4 is 11.8 Å². The molecule has 2 amide bonds. The highest BCUT2D eigenvalue weighted by Gasteiger charge is 2.29. The van der Waals surface area contributed by atoms with Crippen LogP contribution in [0.5, 0.6) is 0 Å². The molecule has 0 unspecified atom stereocenters. The SMILES string of the molecule is CC(C)(C)n1nnc(-c2noc([C@H](CCCC3CCCCC3)CC(=O)NO)n2)n1.CC(C)(C)n1nnnc1-c1noc([C@H](CCCC2CCCCC2)CC(=O)NO)n1. The molecule has 0 saturated heterocycles. The molecule has 2 aliphatic rings. The third-order valence-corrected chi connectivity index (χ3v) is 11.0. The molecule has 2 aliphatic carbocycles. The minimum absolute atomic E-state index is 0.0882. The molecule has 20 nitrogen and oxygen atoms in total. The third-order valence-electron chi connectivity index (χ3n) is 11.0. The van der Waals surface area contributed by atoms with Gasteiger partial charge in [0.2, 0.25) is 46.9 Å². The number of aromatic nitrogens is 12. The molecule has 0 radical (unpaired) electrons. The van der Waals surface area contributed by atoms with E-state index in [0.717, 1.165) is 50.4 Å². The first-order valence-corrected chi connectivity index (χ1v) is 20.9. The van der Waals surface area contributed by atoms with E-state index >= 15 is 0 Å². The molecule has 20 heteroatoms. The maximum atomic E-state index is 11.8. The molecule has 2 saturated carbocycles. The molecular weight excluding hydrogens is 749 g/mol. The fourth-order valence-corrected chi connectivity index (χ4v) is 7.77. The lowest BCUT2D eigenvalue weighted by atomic mass is 9.84. The molecule has 4 aromatic rings. The van der Waals surface area contributed by atoms with Crippen LogP contribution >= 0.6 is 0 Å². The van der Waals surface area contributed by atoms with Crippen molar-refractivity contribution in [2.24, 2.45) is 11.8 Å². The number of rotatable bonds is 16. The molecule has 0 aliphatic heterocycles. The summed E-state index contributed by atoms with van der Waals surface area (Å²) in [6.45, 7) is 11.8. The minimum Gasteiger partial charge on any atom is -0.339 e. The van der Waals surface area contributed by atoms with Crippen molar-refractivity contribution in [2.45, 2.75) is 180 Å². The third kappa shape index (κ3) is 12.9. The van der Waals surface area contributed by atoms with E-state index in [1.807, 2.05) is 41.5 Å². The number of carbonyl (C=O) groups is 2. The Balaban J connectivity index is 0.000000221. The highest BCUT2D eigenvalue weighted by Crippen LogP contribution is 2.33. The number of carbonyl (C=O) groups excluding carboxylic acids is 2. The molecule has 6 rings (SSSR count). The van der Waals surface area contributed by atoms with E-state index in [1.54, 1.807) is 15.6 Å². The van der Waals surface area contributed by atoms with Crippen LogP contribution in [0.3, 0.4) is 0 Å². The van der Waals surface area contributed by atoms with Crippen LogP contribution < -0.4 is 11.0 Å². The average molecular weight is 811 g/mol. The van der Waals surface area contributed by atoms with E-state index in [1.165, 1.54) is 69.0 Å². The first kappa shape index (κ1) is 44.4. The Morgan fingerprint density at radius 3 is 1.66 bits per heavy atom. The first-order valence-electron chi connectivity index (χ1n) is 20.9. The summed E-state index contributed by atoms with van der Waals surface area (Å²) >= 11 is 0. The number of nitrogens with one attached hydrogen (secondary N) is 2. The molecular formula is C38H62N14O6. The molecule has 2 atom stereocenters. The minimum atomic E-state index is -0.468. The van der Waals surface area contributed by atoms with Gasteiger partial charge in [-0.1, -0.05) is 100 Å². The van der Waals surface area contributed by atoms with Gasteiger partial charge in [0, 0.05) is 24.7 Å². The van der Waals surface area contributed by atoms with Gasteiger partial charge in [0.1, 0.15) is 0 Å². The van der Waals surface area contributed by atoms with Crippen LogP contribution in [0, 0.1) is 11.8 Å². The van der Waals surface area contributed by atoms with Crippen molar-refractivity contribution in [1.82, 2.24) is 71.7 Å². The fourth-order valence-electron chi connectivity index (χ4n) is 7.77. The van der Waals surface area contributed by atoms with Crippen molar-refractivity contribution < 1.29 is 29.0 Å². The predicted molar refractivity (Wildman–Crippen MR) is 208 cm³/mol. The summed E-state index contributed by atoms with van der Waals surface area (Å²) in [5.41, 5.74) is 2.76. The fraction of sp³-hybridized carbons (Fsp3) is 0.789. The van der Waals surface area contributed by atoms with E-state index < -0.39 is 11.8 Å². The van der Waals surface area contributed by atoms with Crippen LogP contribution in [0.1, 0.15) is 181 Å². The smallest absolute Gasteiger partial charge is 0.245 e. The average Bonchev–Trinajstić information content (AvgIpc) is 4.04. The number of hydrogen-bond acceptors (Lipinski definition) is 16. The van der Waals surface area contributed by atoms with Gasteiger partial charge in [-0.2, -0.15) is 14.8 Å². The zero-order chi connectivity index (χ0) is 41.7. The Kier molecular flexibility index (Phi) is 15.9. The van der Waals surface area contributed by atoms with Gasteiger partial charge in [-0.15, -0.1) is 15.3 Å². The number of amides is 2. The Labute approximate surface area is 339 Å². The second-order valence-corrected chi connectivity index (χ2v) is 17.8. The summed E-state index contributed by atoms with van der Waals surface area (Å²) in [5.74, 6) is 2.06. The van der Waals surface area contributed by atoms with Crippen molar-refractivity contribution in [3.63, 3.8) is 0 Å². The van der Waals surface area contributed by atoms with Crippen LogP contribution in [0.25, 0.3) is 23.3 Å². The maximum Gasteiger partial charge on any atom is 0.245 e. The van der Waals surface area contributed by atoms with Gasteiger partial charge in [-0.25, -0.2) is 15.6 Å². The molecule has 320 valence electrons. The monoisotopic (exact) mass is 810 g/mol. The lowest BCUT2D eigenvalue weighted by Crippen LogP contribution is -2.24. The van der Waals surface area contributed by atoms with Crippen molar-refractivity contribution in [3.8, 4) is 23.3 Å². The van der Waals surface area contributed by atoms with E-state index in [4.69, 9.17) is 19.5 Å². The van der Waals surface area contributed by atoms with Gasteiger partial charge in [0.25, 0.3) is 0 Å². The topological polar surface area (TPSA) is 264 Å². The van der Waals surface area contributed by atoms with Crippen LogP contribution in [-0.2, 0) is 20.7 Å². The van der Waals surface area contributed by atoms with Crippen molar-refractivity contribution in [1.29, 1.82) is 0 Å². The standard InChI is InChI=1S/2C19H31N7O3/c1-19(2,3)26-22-17(21-25-26)16-20-18(29-24-16)14(12-15(27)23-28)11-7-10-13-8-5-4-6-9-13;1-19(2,3)26-17(21-24-25-26)16-20-18(29-23-16)14(12-15(27)22-28)11-7-10-13-8-5-4-6-9-13/h13-14,28H,4-12H2,1-3H3,(H,23,27);13-14,28H,4-12H2,1-3H3,(H,22,27)/t2*14-/m11/s1. The zero-order valence-electron chi connectivity index (χ0n) is 34.9. The van der Waals surface area contributed by atoms with Crippen LogP contribution in [0.2, 0.25) is 0 Å². The van der Waals surface area contributed by atoms with E-state index in [9.17, 15) is 9.59 Å². The number of nitrogens with zero attached hydrogens (tertiary/aromatic N) is 12. The van der Waals surface area contributed by atoms with E-state index in [-0.39, 0.29) is 47.4 Å². The molecule has 58 heavy (non-hydrogen) atoms. The van der Waals surface area contributed by atoms with Crippen LogP contribution in [0.15, 0.2) is 9.05 Å². The zero-order valence-corrected chi connectivity index (χ0v) is 34.9. The van der Waals surface area contributed by atoms with E-state index in [2.05, 4.69) is 51.2 Å². The summed E-state index contributed by atoms with van der Waals surface area (Å²) in [6, 6.07) is 0. The molecule has 4 aromatic heterocycles. The Hall–Kier alpha value is -4.72. The van der Waals surface area contributed by atoms with Crippen molar-refractivity contribution in [2.75, 3.05) is 0 Å². The van der Waals surface area contributed by atoms with Gasteiger partial charge in [-0.05, 0) is 81.9 Å². The molecule has 4 N–H and O–H groups in total. The van der Waals surface area contributed by atoms with Gasteiger partial charge < -0.3 is 9.05 Å². The molecule has 2 fully saturated rings. The van der Waals surface area contributed by atoms with Crippen LogP contribution in [0.4, 0.5) is 0 Å². The number of tetrazole rings is 2. The van der Waals surface area contributed by atoms with Gasteiger partial charge in [0.15, 0.2) is 0 Å². The molecule has 0 bridgehead atoms. The Morgan fingerprint density at radius 2 is 1.19 bits per heavy atom. The van der Waals surface area contributed by atoms with E-state index in [0.29, 0.717) is 23.4 Å². The summed E-state index contributed by atoms with van der Waals surface area (Å²) < 4.78 is 12.5. The highest BCUT2D eigenvalue weighted by molar-refractivity contribution is 5.75. The van der Waals surface area contributed by atoms with Crippen LogP contribution in [-0.4, -0.2) is 82.9 Å². The summed E-state index contributed by atoms with van der Waals surface area (Å²) in [5, 5.41) is 50.0. The molecule has 4 heterocycles. The lowest BCUT2D eigenvalue weighted by molar-refractivity contribution is -0.130. The Morgan fingerprint density at radius 1 is 0.690 bits per heavy atom. The summed E-state index contributed by atoms with van der Waals surface area (Å²) in [4.78, 5) is 33.9. The second-order valence-electron chi connectivity index (χ2n) is 17.8. The lowest BCUT2D eigenvalue weighted by Gasteiger charge is -2.22. The summed E-state index contributed by atoms with van der Waals surface area (Å²) in [7, 11) is 0. The van der Waals surface area contributed by atoms with Gasteiger partial charge in [-0.3, -0.25) is 20.0 Å². The number of hydroxylamine groups is 2.